The molecule has 0 N–H and O–H groups in total. The van der Waals surface area contributed by atoms with Crippen LogP contribution in [-0.4, -0.2) is 9.97 Å². The zero-order valence-corrected chi connectivity index (χ0v) is 33.7. The maximum atomic E-state index is 5.06. The zero-order chi connectivity index (χ0) is 39.4. The molecule has 2 heteroatoms. The van der Waals surface area contributed by atoms with Crippen LogP contribution < -0.4 is 0 Å². The van der Waals surface area contributed by atoms with Gasteiger partial charge in [-0.3, -0.25) is 9.97 Å². The van der Waals surface area contributed by atoms with E-state index in [4.69, 9.17) is 4.98 Å². The summed E-state index contributed by atoms with van der Waals surface area (Å²) in [6.45, 7) is 0. The molecule has 2 saturated carbocycles. The van der Waals surface area contributed by atoms with Gasteiger partial charge in [-0.1, -0.05) is 141 Å². The summed E-state index contributed by atoms with van der Waals surface area (Å²) >= 11 is 0. The monoisotopic (exact) mass is 768 g/mol. The molecule has 4 aliphatic rings. The molecular weight excluding hydrogens is 725 g/mol. The van der Waals surface area contributed by atoms with Crippen molar-refractivity contribution < 1.29 is 0 Å². The van der Waals surface area contributed by atoms with Crippen LogP contribution in [0.2, 0.25) is 0 Å². The topological polar surface area (TPSA) is 25.8 Å². The van der Waals surface area contributed by atoms with Crippen LogP contribution in [0.25, 0.3) is 88.6 Å². The van der Waals surface area contributed by atoms with Crippen LogP contribution in [0.1, 0.15) is 73.6 Å². The predicted octanol–water partition coefficient (Wildman–Crippen LogP) is 15.1. The lowest BCUT2D eigenvalue weighted by Crippen LogP contribution is -2.20. The maximum Gasteiger partial charge on any atom is 0.0717 e. The van der Waals surface area contributed by atoms with Crippen LogP contribution in [0.5, 0.6) is 0 Å². The molecule has 7 aromatic carbocycles. The molecule has 0 bridgehead atoms. The second-order valence-corrected chi connectivity index (χ2v) is 17.9. The fourth-order valence-corrected chi connectivity index (χ4v) is 12.5. The highest BCUT2D eigenvalue weighted by molar-refractivity contribution is 6.22. The second-order valence-electron chi connectivity index (χ2n) is 17.9. The van der Waals surface area contributed by atoms with Gasteiger partial charge in [0.15, 0.2) is 0 Å². The molecule has 286 valence electrons. The van der Waals surface area contributed by atoms with Crippen molar-refractivity contribution in [1.82, 2.24) is 9.97 Å². The van der Waals surface area contributed by atoms with Gasteiger partial charge in [0.1, 0.15) is 0 Å². The Hall–Kier alpha value is -6.64. The molecule has 60 heavy (non-hydrogen) atoms. The molecule has 2 nitrogen and oxygen atoms in total. The summed E-state index contributed by atoms with van der Waals surface area (Å²) in [5.74, 6) is 0. The summed E-state index contributed by atoms with van der Waals surface area (Å²) in [5, 5.41) is 5.16. The van der Waals surface area contributed by atoms with Crippen molar-refractivity contribution in [3.8, 4) is 67.0 Å². The Bertz CT molecular complexity index is 3200. The summed E-state index contributed by atoms with van der Waals surface area (Å²) in [4.78, 5) is 9.64. The summed E-state index contributed by atoms with van der Waals surface area (Å²) in [6.07, 6.45) is 13.8. The number of aromatic nitrogens is 2. The Kier molecular flexibility index (Phi) is 7.38. The second kappa shape index (κ2) is 12.9. The van der Waals surface area contributed by atoms with E-state index in [2.05, 4.69) is 145 Å². The minimum absolute atomic E-state index is 0.0934. The molecule has 0 radical (unpaired) electrons. The first-order valence-corrected chi connectivity index (χ1v) is 22.1. The van der Waals surface area contributed by atoms with E-state index < -0.39 is 0 Å². The van der Waals surface area contributed by atoms with Crippen LogP contribution in [-0.2, 0) is 10.8 Å². The van der Waals surface area contributed by atoms with Gasteiger partial charge in [0.05, 0.1) is 11.4 Å². The van der Waals surface area contributed by atoms with Crippen molar-refractivity contribution in [1.29, 1.82) is 0 Å². The Morgan fingerprint density at radius 1 is 0.333 bits per heavy atom. The minimum atomic E-state index is 0.0934. The fourth-order valence-electron chi connectivity index (χ4n) is 12.5. The zero-order valence-electron chi connectivity index (χ0n) is 33.7. The third-order valence-electron chi connectivity index (χ3n) is 15.1. The van der Waals surface area contributed by atoms with E-state index in [1.54, 1.807) is 0 Å². The lowest BCUT2D eigenvalue weighted by atomic mass is 9.75. The minimum Gasteiger partial charge on any atom is -0.256 e. The highest BCUT2D eigenvalue weighted by Crippen LogP contribution is 2.60. The van der Waals surface area contributed by atoms with Crippen molar-refractivity contribution in [2.24, 2.45) is 0 Å². The quantitative estimate of drug-likeness (QED) is 0.167. The molecule has 4 aliphatic carbocycles. The first-order chi connectivity index (χ1) is 29.7. The standard InChI is InChI=1S/C58H44N2/c1-2-16-46-45(15-1)55(38-21-24-43-41-13-3-5-17-49(41)57(51(43)34-38)28-8-9-29-57)47-26-20-37(54-27-23-40(36-60-54)53-19-7-12-32-59-53)33-48(47)56(46)39-22-25-44-42-14-4-6-18-50(42)58(52(44)35-39)30-10-11-31-58/h1-7,12-27,32-36H,8-11,28-31H2. The highest BCUT2D eigenvalue weighted by Gasteiger charge is 2.46. The number of hydrogen-bond acceptors (Lipinski definition) is 2. The summed E-state index contributed by atoms with van der Waals surface area (Å²) in [5.41, 5.74) is 21.3. The van der Waals surface area contributed by atoms with Gasteiger partial charge in [0, 0.05) is 34.4 Å². The van der Waals surface area contributed by atoms with Crippen molar-refractivity contribution in [2.75, 3.05) is 0 Å². The Labute approximate surface area is 351 Å². The third kappa shape index (κ3) is 4.76. The molecule has 0 saturated heterocycles. The number of pyridine rings is 2. The summed E-state index contributed by atoms with van der Waals surface area (Å²) in [6, 6.07) is 60.0. The van der Waals surface area contributed by atoms with Gasteiger partial charge >= 0.3 is 0 Å². The van der Waals surface area contributed by atoms with Crippen molar-refractivity contribution in [2.45, 2.75) is 62.2 Å². The molecule has 2 aromatic heterocycles. The molecule has 13 rings (SSSR count). The number of nitrogens with zero attached hydrogens (tertiary/aromatic N) is 2. The van der Waals surface area contributed by atoms with Crippen LogP contribution in [0.15, 0.2) is 170 Å². The average molecular weight is 769 g/mol. The van der Waals surface area contributed by atoms with Gasteiger partial charge in [-0.05, 0) is 156 Å². The van der Waals surface area contributed by atoms with E-state index in [1.807, 2.05) is 30.6 Å². The van der Waals surface area contributed by atoms with Crippen molar-refractivity contribution in [3.63, 3.8) is 0 Å². The maximum absolute atomic E-state index is 5.06. The number of rotatable bonds is 4. The van der Waals surface area contributed by atoms with E-state index in [9.17, 15) is 0 Å². The van der Waals surface area contributed by atoms with Gasteiger partial charge < -0.3 is 0 Å². The molecule has 2 heterocycles. The average Bonchev–Trinajstić information content (AvgIpc) is 4.12. The smallest absolute Gasteiger partial charge is 0.0717 e. The van der Waals surface area contributed by atoms with Crippen LogP contribution in [0.3, 0.4) is 0 Å². The van der Waals surface area contributed by atoms with Gasteiger partial charge in [-0.25, -0.2) is 0 Å². The van der Waals surface area contributed by atoms with Gasteiger partial charge in [-0.15, -0.1) is 0 Å². The van der Waals surface area contributed by atoms with E-state index in [0.29, 0.717) is 0 Å². The largest absolute Gasteiger partial charge is 0.256 e. The van der Waals surface area contributed by atoms with Crippen LogP contribution >= 0.6 is 0 Å². The lowest BCUT2D eigenvalue weighted by Gasteiger charge is -2.28. The molecular formula is C58H44N2. The third-order valence-corrected chi connectivity index (χ3v) is 15.1. The Morgan fingerprint density at radius 2 is 0.817 bits per heavy atom. The van der Waals surface area contributed by atoms with E-state index in [0.717, 1.165) is 22.5 Å². The molecule has 0 unspecified atom stereocenters. The number of fused-ring (bicyclic) bond motifs is 12. The first kappa shape index (κ1) is 34.2. The normalized spacial score (nSPS) is 16.4. The van der Waals surface area contributed by atoms with Crippen molar-refractivity contribution >= 4 is 21.5 Å². The highest BCUT2D eigenvalue weighted by atomic mass is 14.7. The SMILES string of the molecule is c1ccc(-c2ccc(-c3ccc4c(-c5ccc6c(c5)C5(CCCC5)c5ccccc5-6)c5ccccc5c(-c5ccc6c(c5)C5(CCCC5)c5ccccc5-6)c4c3)nc2)nc1. The fraction of sp³-hybridized carbons (Fsp3) is 0.172. The molecule has 2 fully saturated rings. The molecule has 9 aromatic rings. The van der Waals surface area contributed by atoms with Crippen molar-refractivity contribution in [3.05, 3.63) is 192 Å². The van der Waals surface area contributed by atoms with E-state index in [-0.39, 0.29) is 10.8 Å². The number of benzene rings is 7. The van der Waals surface area contributed by atoms with Crippen LogP contribution in [0.4, 0.5) is 0 Å². The van der Waals surface area contributed by atoms with Gasteiger partial charge in [0.2, 0.25) is 0 Å². The van der Waals surface area contributed by atoms with Crippen LogP contribution in [0, 0.1) is 0 Å². The van der Waals surface area contributed by atoms with Gasteiger partial charge in [-0.2, -0.15) is 0 Å². The molecule has 0 aliphatic heterocycles. The summed E-state index contributed by atoms with van der Waals surface area (Å²) in [7, 11) is 0. The van der Waals surface area contributed by atoms with Gasteiger partial charge in [0.25, 0.3) is 0 Å². The Balaban J connectivity index is 1.06. The molecule has 2 spiro atoms. The summed E-state index contributed by atoms with van der Waals surface area (Å²) < 4.78 is 0. The Morgan fingerprint density at radius 3 is 1.38 bits per heavy atom. The lowest BCUT2D eigenvalue weighted by molar-refractivity contribution is 0.550. The first-order valence-electron chi connectivity index (χ1n) is 22.1. The van der Waals surface area contributed by atoms with E-state index in [1.165, 1.54) is 140 Å². The molecule has 0 atom stereocenters. The molecule has 0 amide bonds. The number of hydrogen-bond donors (Lipinski definition) is 0. The van der Waals surface area contributed by atoms with E-state index >= 15 is 0 Å². The predicted molar refractivity (Wildman–Crippen MR) is 248 cm³/mol.